The average Bonchev–Trinajstić information content (AvgIpc) is 3.26. The Morgan fingerprint density at radius 2 is 1.70 bits per heavy atom. The minimum atomic E-state index is -0.840. The third kappa shape index (κ3) is 4.40. The Morgan fingerprint density at radius 1 is 1.03 bits per heavy atom. The molecule has 0 radical (unpaired) electrons. The molecule has 2 heterocycles. The highest BCUT2D eigenvalue weighted by Gasteiger charge is 2.27. The van der Waals surface area contributed by atoms with Crippen LogP contribution in [0.2, 0.25) is 0 Å². The van der Waals surface area contributed by atoms with Gasteiger partial charge in [-0.25, -0.2) is 14.0 Å². The zero-order valence-corrected chi connectivity index (χ0v) is 17.3. The summed E-state index contributed by atoms with van der Waals surface area (Å²) >= 11 is 0. The minimum Gasteiger partial charge on any atom is -0.459 e. The first-order valence-electron chi connectivity index (χ1n) is 9.37. The standard InChI is InChI=1S/C21H22FN3O5/c1-10(2)28-20(26)16-11(3)17(23-12(16)4)21(27)29-13(5)18-24-25-19(30-18)14-6-8-15(22)9-7-14/h6-10,13,23H,1-5H3/t13-/m0/s1. The predicted molar refractivity (Wildman–Crippen MR) is 104 cm³/mol. The fourth-order valence-electron chi connectivity index (χ4n) is 2.91. The van der Waals surface area contributed by atoms with E-state index in [1.165, 1.54) is 24.3 Å². The molecule has 30 heavy (non-hydrogen) atoms. The van der Waals surface area contributed by atoms with Crippen molar-refractivity contribution in [2.75, 3.05) is 0 Å². The first-order chi connectivity index (χ1) is 14.2. The number of esters is 2. The number of rotatable bonds is 6. The fraction of sp³-hybridized carbons (Fsp3) is 0.333. The van der Waals surface area contributed by atoms with Crippen molar-refractivity contribution < 1.29 is 27.9 Å². The van der Waals surface area contributed by atoms with Gasteiger partial charge in [-0.15, -0.1) is 10.2 Å². The molecule has 158 valence electrons. The highest BCUT2D eigenvalue weighted by Crippen LogP contribution is 2.25. The number of benzene rings is 1. The number of hydrogen-bond acceptors (Lipinski definition) is 7. The molecular weight excluding hydrogens is 393 g/mol. The molecule has 0 saturated heterocycles. The molecule has 1 aromatic carbocycles. The van der Waals surface area contributed by atoms with Crippen LogP contribution in [0.3, 0.4) is 0 Å². The summed E-state index contributed by atoms with van der Waals surface area (Å²) in [6.07, 6.45) is -1.12. The van der Waals surface area contributed by atoms with Gasteiger partial charge in [0.25, 0.3) is 5.89 Å². The Hall–Kier alpha value is -3.49. The van der Waals surface area contributed by atoms with Gasteiger partial charge in [-0.2, -0.15) is 0 Å². The van der Waals surface area contributed by atoms with Crippen LogP contribution in [0.4, 0.5) is 4.39 Å². The van der Waals surface area contributed by atoms with Crippen molar-refractivity contribution >= 4 is 11.9 Å². The van der Waals surface area contributed by atoms with Gasteiger partial charge in [-0.05, 0) is 64.4 Å². The largest absolute Gasteiger partial charge is 0.459 e. The Kier molecular flexibility index (Phi) is 6.00. The van der Waals surface area contributed by atoms with Crippen molar-refractivity contribution in [3.63, 3.8) is 0 Å². The number of nitrogens with zero attached hydrogens (tertiary/aromatic N) is 2. The van der Waals surface area contributed by atoms with E-state index < -0.39 is 18.0 Å². The van der Waals surface area contributed by atoms with Crippen LogP contribution < -0.4 is 0 Å². The maximum Gasteiger partial charge on any atom is 0.355 e. The van der Waals surface area contributed by atoms with E-state index in [1.54, 1.807) is 34.6 Å². The van der Waals surface area contributed by atoms with E-state index in [-0.39, 0.29) is 29.4 Å². The van der Waals surface area contributed by atoms with Crippen molar-refractivity contribution in [2.45, 2.75) is 46.8 Å². The van der Waals surface area contributed by atoms with Gasteiger partial charge in [0, 0.05) is 11.3 Å². The quantitative estimate of drug-likeness (QED) is 0.598. The number of nitrogens with one attached hydrogen (secondary N) is 1. The number of aromatic amines is 1. The van der Waals surface area contributed by atoms with Crippen LogP contribution in [0.25, 0.3) is 11.5 Å². The molecule has 2 aromatic heterocycles. The highest BCUT2D eigenvalue weighted by atomic mass is 19.1. The van der Waals surface area contributed by atoms with Gasteiger partial charge in [-0.3, -0.25) is 0 Å². The number of carbonyl (C=O) groups excluding carboxylic acids is 2. The highest BCUT2D eigenvalue weighted by molar-refractivity contribution is 5.98. The van der Waals surface area contributed by atoms with E-state index in [4.69, 9.17) is 13.9 Å². The maximum absolute atomic E-state index is 13.1. The van der Waals surface area contributed by atoms with Crippen LogP contribution in [0.1, 0.15) is 64.9 Å². The molecule has 0 aliphatic rings. The monoisotopic (exact) mass is 415 g/mol. The number of aromatic nitrogens is 3. The lowest BCUT2D eigenvalue weighted by Crippen LogP contribution is -2.14. The van der Waals surface area contributed by atoms with Crippen molar-refractivity contribution in [2.24, 2.45) is 0 Å². The number of H-pyrrole nitrogens is 1. The second-order valence-corrected chi connectivity index (χ2v) is 7.08. The van der Waals surface area contributed by atoms with Crippen molar-refractivity contribution in [3.8, 4) is 11.5 Å². The Labute approximate surface area is 172 Å². The summed E-state index contributed by atoms with van der Waals surface area (Å²) in [6, 6.07) is 5.57. The molecule has 0 saturated carbocycles. The van der Waals surface area contributed by atoms with Crippen molar-refractivity contribution in [1.82, 2.24) is 15.2 Å². The smallest absolute Gasteiger partial charge is 0.355 e. The summed E-state index contributed by atoms with van der Waals surface area (Å²) in [4.78, 5) is 27.8. The molecule has 0 bridgehead atoms. The molecule has 8 nitrogen and oxygen atoms in total. The molecule has 0 aliphatic heterocycles. The molecule has 3 rings (SSSR count). The number of halogens is 1. The van der Waals surface area contributed by atoms with E-state index in [1.807, 2.05) is 0 Å². The summed E-state index contributed by atoms with van der Waals surface area (Å²) in [5.74, 6) is -1.30. The van der Waals surface area contributed by atoms with Gasteiger partial charge >= 0.3 is 11.9 Å². The molecule has 0 aliphatic carbocycles. The predicted octanol–water partition coefficient (Wildman–Crippen LogP) is 4.30. The molecule has 0 unspecified atom stereocenters. The number of aryl methyl sites for hydroxylation is 1. The molecule has 3 aromatic rings. The molecular formula is C21H22FN3O5. The summed E-state index contributed by atoms with van der Waals surface area (Å²) in [6.45, 7) is 8.39. The van der Waals surface area contributed by atoms with Crippen LogP contribution in [-0.2, 0) is 9.47 Å². The van der Waals surface area contributed by atoms with E-state index in [0.29, 0.717) is 22.4 Å². The van der Waals surface area contributed by atoms with Crippen LogP contribution in [0, 0.1) is 19.7 Å². The van der Waals surface area contributed by atoms with Crippen molar-refractivity contribution in [3.05, 3.63) is 58.5 Å². The van der Waals surface area contributed by atoms with Gasteiger partial charge in [0.05, 0.1) is 11.7 Å². The lowest BCUT2D eigenvalue weighted by Gasteiger charge is -2.10. The first-order valence-corrected chi connectivity index (χ1v) is 9.37. The molecule has 0 spiro atoms. The molecule has 9 heteroatoms. The van der Waals surface area contributed by atoms with Crippen LogP contribution in [0.15, 0.2) is 28.7 Å². The van der Waals surface area contributed by atoms with Gasteiger partial charge in [0.2, 0.25) is 5.89 Å². The molecule has 1 atom stereocenters. The van der Waals surface area contributed by atoms with E-state index in [0.717, 1.165) is 0 Å². The summed E-state index contributed by atoms with van der Waals surface area (Å²) in [5.41, 5.74) is 1.94. The lowest BCUT2D eigenvalue weighted by atomic mass is 10.1. The number of ether oxygens (including phenoxy) is 2. The number of carbonyl (C=O) groups is 2. The number of hydrogen-bond donors (Lipinski definition) is 1. The third-order valence-corrected chi connectivity index (χ3v) is 4.35. The van der Waals surface area contributed by atoms with E-state index in [2.05, 4.69) is 15.2 Å². The van der Waals surface area contributed by atoms with E-state index in [9.17, 15) is 14.0 Å². The Morgan fingerprint density at radius 3 is 2.33 bits per heavy atom. The van der Waals surface area contributed by atoms with Crippen LogP contribution in [-0.4, -0.2) is 33.2 Å². The first kappa shape index (κ1) is 21.2. The Bertz CT molecular complexity index is 1070. The van der Waals surface area contributed by atoms with Crippen LogP contribution >= 0.6 is 0 Å². The zero-order chi connectivity index (χ0) is 22.0. The third-order valence-electron chi connectivity index (χ3n) is 4.35. The zero-order valence-electron chi connectivity index (χ0n) is 17.3. The van der Waals surface area contributed by atoms with Crippen molar-refractivity contribution in [1.29, 1.82) is 0 Å². The second-order valence-electron chi connectivity index (χ2n) is 7.08. The lowest BCUT2D eigenvalue weighted by molar-refractivity contribution is 0.0272. The topological polar surface area (TPSA) is 107 Å². The second kappa shape index (κ2) is 8.48. The van der Waals surface area contributed by atoms with E-state index >= 15 is 0 Å². The van der Waals surface area contributed by atoms with Gasteiger partial charge < -0.3 is 18.9 Å². The maximum atomic E-state index is 13.1. The summed E-state index contributed by atoms with van der Waals surface area (Å²) in [7, 11) is 0. The minimum absolute atomic E-state index is 0.0862. The molecule has 1 N–H and O–H groups in total. The van der Waals surface area contributed by atoms with Gasteiger partial charge in [0.1, 0.15) is 11.5 Å². The summed E-state index contributed by atoms with van der Waals surface area (Å²) < 4.78 is 29.3. The normalized spacial score (nSPS) is 12.1. The Balaban J connectivity index is 1.75. The molecule has 0 amide bonds. The fourth-order valence-corrected chi connectivity index (χ4v) is 2.91. The van der Waals surface area contributed by atoms with Crippen LogP contribution in [0.5, 0.6) is 0 Å². The SMILES string of the molecule is Cc1[nH]c(C(=O)O[C@@H](C)c2nnc(-c3ccc(F)cc3)o2)c(C)c1C(=O)OC(C)C. The van der Waals surface area contributed by atoms with Gasteiger partial charge in [0.15, 0.2) is 6.10 Å². The molecule has 0 fully saturated rings. The van der Waals surface area contributed by atoms with Gasteiger partial charge in [-0.1, -0.05) is 0 Å². The summed E-state index contributed by atoms with van der Waals surface area (Å²) in [5, 5.41) is 7.80. The average molecular weight is 415 g/mol.